The molecule has 0 unspecified atom stereocenters. The van der Waals surface area contributed by atoms with Gasteiger partial charge in [0.15, 0.2) is 0 Å². The molecule has 0 bridgehead atoms. The number of fused-ring (bicyclic) bond motifs is 1. The molecule has 0 atom stereocenters. The van der Waals surface area contributed by atoms with Gasteiger partial charge in [-0.1, -0.05) is 18.2 Å². The van der Waals surface area contributed by atoms with E-state index in [0.717, 1.165) is 16.5 Å². The maximum absolute atomic E-state index is 11.7. The van der Waals surface area contributed by atoms with Gasteiger partial charge < -0.3 is 14.5 Å². The number of nitrogens with one attached hydrogen (secondary N) is 1. The molecular formula is C15H17NO4. The van der Waals surface area contributed by atoms with Crippen LogP contribution in [0.15, 0.2) is 30.5 Å². The Labute approximate surface area is 116 Å². The first-order valence-corrected chi connectivity index (χ1v) is 6.34. The highest BCUT2D eigenvalue weighted by Gasteiger charge is 2.20. The maximum atomic E-state index is 11.7. The third-order valence-corrected chi connectivity index (χ3v) is 2.60. The molecule has 5 heteroatoms. The van der Waals surface area contributed by atoms with Crippen LogP contribution in [-0.4, -0.2) is 22.7 Å². The number of hydrogen-bond donors (Lipinski definition) is 1. The first-order chi connectivity index (χ1) is 9.35. The fourth-order valence-corrected chi connectivity index (χ4v) is 1.83. The predicted molar refractivity (Wildman–Crippen MR) is 74.3 cm³/mol. The maximum Gasteiger partial charge on any atom is 0.516 e. The average molecular weight is 275 g/mol. The highest BCUT2D eigenvalue weighted by atomic mass is 16.7. The zero-order chi connectivity index (χ0) is 14.8. The minimum Gasteiger partial charge on any atom is -0.428 e. The van der Waals surface area contributed by atoms with Gasteiger partial charge in [0.1, 0.15) is 5.60 Å². The van der Waals surface area contributed by atoms with Gasteiger partial charge in [0.05, 0.1) is 6.42 Å². The fraction of sp³-hybridized carbons (Fsp3) is 0.333. The van der Waals surface area contributed by atoms with Gasteiger partial charge in [-0.25, -0.2) is 4.79 Å². The summed E-state index contributed by atoms with van der Waals surface area (Å²) < 4.78 is 9.56. The third kappa shape index (κ3) is 3.60. The number of hydrogen-bond acceptors (Lipinski definition) is 4. The molecule has 0 amide bonds. The Bertz CT molecular complexity index is 637. The smallest absolute Gasteiger partial charge is 0.428 e. The van der Waals surface area contributed by atoms with Crippen molar-refractivity contribution in [3.05, 3.63) is 36.0 Å². The summed E-state index contributed by atoms with van der Waals surface area (Å²) in [6.07, 6.45) is 0.784. The number of benzene rings is 1. The number of carbonyl (C=O) groups is 2. The molecule has 2 rings (SSSR count). The van der Waals surface area contributed by atoms with Crippen LogP contribution in [0.25, 0.3) is 10.9 Å². The standard InChI is InChI=1S/C15H17NO4/c1-15(2,3)20-14(18)19-13(17)8-10-9-16-12-7-5-4-6-11(10)12/h4-7,9,16H,8H2,1-3H3. The van der Waals surface area contributed by atoms with E-state index in [0.29, 0.717) is 0 Å². The Morgan fingerprint density at radius 1 is 1.20 bits per heavy atom. The molecule has 5 nitrogen and oxygen atoms in total. The number of carbonyl (C=O) groups excluding carboxylic acids is 2. The van der Waals surface area contributed by atoms with Gasteiger partial charge in [-0.2, -0.15) is 0 Å². The quantitative estimate of drug-likeness (QED) is 0.675. The minimum atomic E-state index is -0.970. The number of aromatic nitrogens is 1. The molecule has 106 valence electrons. The Kier molecular flexibility index (Phi) is 3.79. The number of aromatic amines is 1. The molecule has 0 radical (unpaired) electrons. The Balaban J connectivity index is 2.00. The molecule has 0 saturated heterocycles. The van der Waals surface area contributed by atoms with E-state index in [1.165, 1.54) is 0 Å². The zero-order valence-electron chi connectivity index (χ0n) is 11.7. The summed E-state index contributed by atoms with van der Waals surface area (Å²) in [7, 11) is 0. The second kappa shape index (κ2) is 5.36. The van der Waals surface area contributed by atoms with Gasteiger partial charge in [-0.15, -0.1) is 0 Å². The first kappa shape index (κ1) is 14.1. The fourth-order valence-electron chi connectivity index (χ4n) is 1.83. The number of esters is 1. The summed E-state index contributed by atoms with van der Waals surface area (Å²) >= 11 is 0. The highest BCUT2D eigenvalue weighted by molar-refractivity contribution is 5.89. The van der Waals surface area contributed by atoms with Crippen molar-refractivity contribution in [1.29, 1.82) is 0 Å². The molecule has 20 heavy (non-hydrogen) atoms. The van der Waals surface area contributed by atoms with Gasteiger partial charge in [0.25, 0.3) is 0 Å². The van der Waals surface area contributed by atoms with Crippen molar-refractivity contribution in [3.63, 3.8) is 0 Å². The van der Waals surface area contributed by atoms with E-state index in [-0.39, 0.29) is 6.42 Å². The molecular weight excluding hydrogens is 258 g/mol. The number of para-hydroxylation sites is 1. The van der Waals surface area contributed by atoms with Crippen molar-refractivity contribution in [3.8, 4) is 0 Å². The molecule has 1 N–H and O–H groups in total. The van der Waals surface area contributed by atoms with Gasteiger partial charge in [0, 0.05) is 17.1 Å². The molecule has 0 aliphatic carbocycles. The van der Waals surface area contributed by atoms with Gasteiger partial charge >= 0.3 is 12.1 Å². The lowest BCUT2D eigenvalue weighted by atomic mass is 10.1. The lowest BCUT2D eigenvalue weighted by molar-refractivity contribution is -0.140. The summed E-state index contributed by atoms with van der Waals surface area (Å²) in [5, 5.41) is 0.939. The first-order valence-electron chi connectivity index (χ1n) is 6.34. The lowest BCUT2D eigenvalue weighted by Gasteiger charge is -2.18. The van der Waals surface area contributed by atoms with Crippen LogP contribution in [0.4, 0.5) is 4.79 Å². The van der Waals surface area contributed by atoms with Crippen LogP contribution in [0.5, 0.6) is 0 Å². The van der Waals surface area contributed by atoms with Crippen molar-refractivity contribution < 1.29 is 19.1 Å². The molecule has 1 heterocycles. The zero-order valence-corrected chi connectivity index (χ0v) is 11.7. The summed E-state index contributed by atoms with van der Waals surface area (Å²) in [6, 6.07) is 7.61. The summed E-state index contributed by atoms with van der Waals surface area (Å²) in [5.74, 6) is -0.635. The van der Waals surface area contributed by atoms with Crippen molar-refractivity contribution in [2.24, 2.45) is 0 Å². The van der Waals surface area contributed by atoms with E-state index in [2.05, 4.69) is 9.72 Å². The monoisotopic (exact) mass is 275 g/mol. The molecule has 0 aliphatic rings. The summed E-state index contributed by atoms with van der Waals surface area (Å²) in [5.41, 5.74) is 1.04. The van der Waals surface area contributed by atoms with Crippen LogP contribution in [0.3, 0.4) is 0 Å². The van der Waals surface area contributed by atoms with Crippen LogP contribution in [0.1, 0.15) is 26.3 Å². The van der Waals surface area contributed by atoms with Crippen LogP contribution in [0.2, 0.25) is 0 Å². The van der Waals surface area contributed by atoms with E-state index in [9.17, 15) is 9.59 Å². The molecule has 0 aliphatic heterocycles. The largest absolute Gasteiger partial charge is 0.516 e. The van der Waals surface area contributed by atoms with Crippen LogP contribution in [-0.2, 0) is 20.7 Å². The Hall–Kier alpha value is -2.30. The van der Waals surface area contributed by atoms with E-state index in [4.69, 9.17) is 4.74 Å². The van der Waals surface area contributed by atoms with Crippen LogP contribution < -0.4 is 0 Å². The van der Waals surface area contributed by atoms with Crippen molar-refractivity contribution in [1.82, 2.24) is 4.98 Å². The molecule has 1 aromatic heterocycles. The van der Waals surface area contributed by atoms with E-state index < -0.39 is 17.7 Å². The molecule has 0 fully saturated rings. The topological polar surface area (TPSA) is 68.4 Å². The van der Waals surface area contributed by atoms with Gasteiger partial charge in [-0.05, 0) is 32.4 Å². The highest BCUT2D eigenvalue weighted by Crippen LogP contribution is 2.18. The van der Waals surface area contributed by atoms with Crippen molar-refractivity contribution in [2.75, 3.05) is 0 Å². The van der Waals surface area contributed by atoms with Crippen molar-refractivity contribution in [2.45, 2.75) is 32.8 Å². The van der Waals surface area contributed by atoms with Gasteiger partial charge in [-0.3, -0.25) is 4.79 Å². The van der Waals surface area contributed by atoms with E-state index in [1.54, 1.807) is 27.0 Å². The Morgan fingerprint density at radius 2 is 1.90 bits per heavy atom. The predicted octanol–water partition coefficient (Wildman–Crippen LogP) is 3.19. The molecule has 1 aromatic carbocycles. The van der Waals surface area contributed by atoms with Gasteiger partial charge in [0.2, 0.25) is 0 Å². The third-order valence-electron chi connectivity index (χ3n) is 2.60. The minimum absolute atomic E-state index is 0.0171. The average Bonchev–Trinajstić information content (AvgIpc) is 2.70. The number of rotatable bonds is 2. The van der Waals surface area contributed by atoms with Crippen LogP contribution in [0, 0.1) is 0 Å². The lowest BCUT2D eigenvalue weighted by Crippen LogP contribution is -2.26. The summed E-state index contributed by atoms with van der Waals surface area (Å²) in [4.78, 5) is 26.2. The number of ether oxygens (including phenoxy) is 2. The number of H-pyrrole nitrogens is 1. The normalized spacial score (nSPS) is 11.3. The SMILES string of the molecule is CC(C)(C)OC(=O)OC(=O)Cc1c[nH]c2ccccc12. The van der Waals surface area contributed by atoms with Crippen molar-refractivity contribution >= 4 is 23.0 Å². The van der Waals surface area contributed by atoms with E-state index in [1.807, 2.05) is 24.3 Å². The second-order valence-corrected chi connectivity index (χ2v) is 5.47. The van der Waals surface area contributed by atoms with E-state index >= 15 is 0 Å². The molecule has 0 spiro atoms. The molecule has 0 saturated carbocycles. The molecule has 2 aromatic rings. The summed E-state index contributed by atoms with van der Waals surface area (Å²) in [6.45, 7) is 5.12. The second-order valence-electron chi connectivity index (χ2n) is 5.47. The van der Waals surface area contributed by atoms with Crippen LogP contribution >= 0.6 is 0 Å². The Morgan fingerprint density at radius 3 is 2.60 bits per heavy atom.